The molecule has 0 amide bonds. The van der Waals surface area contributed by atoms with Crippen molar-refractivity contribution in [3.8, 4) is 6.07 Å². The zero-order valence-electron chi connectivity index (χ0n) is 9.46. The number of aromatic nitrogens is 1. The molecular formula is C10H13N5O2. The molecule has 0 spiro atoms. The molecule has 90 valence electrons. The van der Waals surface area contributed by atoms with Crippen molar-refractivity contribution in [2.24, 2.45) is 5.73 Å². The summed E-state index contributed by atoms with van der Waals surface area (Å²) in [6, 6.07) is 4.54. The van der Waals surface area contributed by atoms with Gasteiger partial charge in [0.15, 0.2) is 0 Å². The van der Waals surface area contributed by atoms with Crippen LogP contribution >= 0.6 is 0 Å². The van der Waals surface area contributed by atoms with Crippen LogP contribution in [-0.4, -0.2) is 30.0 Å². The monoisotopic (exact) mass is 235 g/mol. The van der Waals surface area contributed by atoms with Crippen molar-refractivity contribution >= 4 is 11.5 Å². The lowest BCUT2D eigenvalue weighted by molar-refractivity contribution is -0.385. The number of rotatable bonds is 5. The maximum Gasteiger partial charge on any atom is 0.305 e. The van der Waals surface area contributed by atoms with Crippen LogP contribution in [0.4, 0.5) is 11.5 Å². The van der Waals surface area contributed by atoms with Crippen molar-refractivity contribution in [2.45, 2.75) is 6.42 Å². The van der Waals surface area contributed by atoms with Crippen molar-refractivity contribution in [1.29, 1.82) is 5.26 Å². The van der Waals surface area contributed by atoms with Crippen LogP contribution in [0.3, 0.4) is 0 Å². The number of nitriles is 1. The summed E-state index contributed by atoms with van der Waals surface area (Å²) in [4.78, 5) is 15.8. The molecule has 7 heteroatoms. The van der Waals surface area contributed by atoms with Crippen LogP contribution in [0.1, 0.15) is 12.1 Å². The lowest BCUT2D eigenvalue weighted by Crippen LogP contribution is -2.22. The molecule has 0 saturated carbocycles. The fourth-order valence-electron chi connectivity index (χ4n) is 1.33. The average Bonchev–Trinajstić information content (AvgIpc) is 2.34. The summed E-state index contributed by atoms with van der Waals surface area (Å²) in [5, 5.41) is 19.4. The Morgan fingerprint density at radius 2 is 2.35 bits per heavy atom. The van der Waals surface area contributed by atoms with E-state index in [-0.39, 0.29) is 11.4 Å². The molecule has 1 aromatic heterocycles. The molecule has 0 aromatic carbocycles. The van der Waals surface area contributed by atoms with Gasteiger partial charge < -0.3 is 10.6 Å². The van der Waals surface area contributed by atoms with Gasteiger partial charge >= 0.3 is 5.69 Å². The first-order valence-electron chi connectivity index (χ1n) is 5.07. The number of pyridine rings is 1. The minimum Gasteiger partial charge on any atom is -0.360 e. The third kappa shape index (κ3) is 3.12. The highest BCUT2D eigenvalue weighted by molar-refractivity contribution is 5.51. The second-order valence-corrected chi connectivity index (χ2v) is 3.47. The molecule has 0 radical (unpaired) electrons. The predicted molar refractivity (Wildman–Crippen MR) is 62.5 cm³/mol. The van der Waals surface area contributed by atoms with E-state index in [0.717, 1.165) is 6.42 Å². The maximum absolute atomic E-state index is 10.6. The Morgan fingerprint density at radius 1 is 1.65 bits per heavy atom. The van der Waals surface area contributed by atoms with Gasteiger partial charge in [-0.1, -0.05) is 0 Å². The van der Waals surface area contributed by atoms with Gasteiger partial charge in [0, 0.05) is 19.7 Å². The standard InChI is InChI=1S/C10H13N5O2/c1-14(6-2-5-11)10-4-3-9(15(16)17)8(7-12)13-10/h3-4H,2,5-6,11H2,1H3. The lowest BCUT2D eigenvalue weighted by atomic mass is 10.3. The van der Waals surface area contributed by atoms with Gasteiger partial charge in [-0.3, -0.25) is 10.1 Å². The van der Waals surface area contributed by atoms with E-state index < -0.39 is 4.92 Å². The summed E-state index contributed by atoms with van der Waals surface area (Å²) < 4.78 is 0. The van der Waals surface area contributed by atoms with Crippen LogP contribution in [0, 0.1) is 21.4 Å². The highest BCUT2D eigenvalue weighted by Gasteiger charge is 2.16. The van der Waals surface area contributed by atoms with E-state index in [2.05, 4.69) is 4.98 Å². The van der Waals surface area contributed by atoms with E-state index in [1.165, 1.54) is 12.1 Å². The topological polar surface area (TPSA) is 109 Å². The molecule has 0 saturated heterocycles. The third-order valence-electron chi connectivity index (χ3n) is 2.25. The van der Waals surface area contributed by atoms with Crippen molar-refractivity contribution in [3.05, 3.63) is 27.9 Å². The Kier molecular flexibility index (Phi) is 4.37. The number of hydrogen-bond donors (Lipinski definition) is 1. The highest BCUT2D eigenvalue weighted by Crippen LogP contribution is 2.19. The molecule has 7 nitrogen and oxygen atoms in total. The lowest BCUT2D eigenvalue weighted by Gasteiger charge is -2.17. The number of anilines is 1. The average molecular weight is 235 g/mol. The zero-order valence-corrected chi connectivity index (χ0v) is 9.46. The molecule has 1 aromatic rings. The highest BCUT2D eigenvalue weighted by atomic mass is 16.6. The number of nitro groups is 1. The molecule has 0 atom stereocenters. The maximum atomic E-state index is 10.6. The second kappa shape index (κ2) is 5.77. The molecule has 0 unspecified atom stereocenters. The summed E-state index contributed by atoms with van der Waals surface area (Å²) >= 11 is 0. The molecular weight excluding hydrogens is 222 g/mol. The zero-order chi connectivity index (χ0) is 12.8. The first-order chi connectivity index (χ1) is 8.10. The third-order valence-corrected chi connectivity index (χ3v) is 2.25. The Hall–Kier alpha value is -2.20. The smallest absolute Gasteiger partial charge is 0.305 e. The van der Waals surface area contributed by atoms with Gasteiger partial charge in [-0.15, -0.1) is 0 Å². The molecule has 0 aliphatic carbocycles. The normalized spacial score (nSPS) is 9.71. The van der Waals surface area contributed by atoms with Crippen molar-refractivity contribution < 1.29 is 4.92 Å². The van der Waals surface area contributed by atoms with Crippen molar-refractivity contribution in [1.82, 2.24) is 4.98 Å². The molecule has 0 fully saturated rings. The van der Waals surface area contributed by atoms with Crippen LogP contribution < -0.4 is 10.6 Å². The van der Waals surface area contributed by atoms with Gasteiger partial charge in [-0.25, -0.2) is 4.98 Å². The van der Waals surface area contributed by atoms with Crippen LogP contribution in [0.25, 0.3) is 0 Å². The number of hydrogen-bond acceptors (Lipinski definition) is 6. The Bertz CT molecular complexity index is 454. The molecule has 0 aliphatic rings. The molecule has 0 aliphatic heterocycles. The Labute approximate surface area is 98.6 Å². The fraction of sp³-hybridized carbons (Fsp3) is 0.400. The van der Waals surface area contributed by atoms with E-state index in [4.69, 9.17) is 11.0 Å². The fourth-order valence-corrected chi connectivity index (χ4v) is 1.33. The summed E-state index contributed by atoms with van der Waals surface area (Å²) in [5.74, 6) is 0.528. The SMILES string of the molecule is CN(CCCN)c1ccc([N+](=O)[O-])c(C#N)n1. The summed E-state index contributed by atoms with van der Waals surface area (Å²) in [6.45, 7) is 1.24. The minimum absolute atomic E-state index is 0.174. The van der Waals surface area contributed by atoms with Crippen LogP contribution in [-0.2, 0) is 0 Å². The first-order valence-corrected chi connectivity index (χ1v) is 5.07. The summed E-state index contributed by atoms with van der Waals surface area (Å²) in [5.41, 5.74) is 4.94. The molecule has 0 bridgehead atoms. The van der Waals surface area contributed by atoms with Crippen LogP contribution in [0.15, 0.2) is 12.1 Å². The van der Waals surface area contributed by atoms with E-state index in [9.17, 15) is 10.1 Å². The quantitative estimate of drug-likeness (QED) is 0.592. The summed E-state index contributed by atoms with van der Waals surface area (Å²) in [7, 11) is 1.80. The molecule has 2 N–H and O–H groups in total. The Morgan fingerprint density at radius 3 is 2.88 bits per heavy atom. The number of nitrogens with two attached hydrogens (primary N) is 1. The van der Waals surface area contributed by atoms with Gasteiger partial charge in [-0.05, 0) is 19.0 Å². The minimum atomic E-state index is -0.616. The Balaban J connectivity index is 2.98. The van der Waals surface area contributed by atoms with Gasteiger partial charge in [0.05, 0.1) is 4.92 Å². The molecule has 17 heavy (non-hydrogen) atoms. The van der Waals surface area contributed by atoms with E-state index >= 15 is 0 Å². The van der Waals surface area contributed by atoms with E-state index in [0.29, 0.717) is 18.9 Å². The first kappa shape index (κ1) is 12.9. The number of nitrogens with zero attached hydrogens (tertiary/aromatic N) is 4. The largest absolute Gasteiger partial charge is 0.360 e. The van der Waals surface area contributed by atoms with Gasteiger partial charge in [0.1, 0.15) is 11.9 Å². The van der Waals surface area contributed by atoms with Gasteiger partial charge in [0.25, 0.3) is 0 Å². The van der Waals surface area contributed by atoms with Gasteiger partial charge in [0.2, 0.25) is 5.69 Å². The molecule has 1 heterocycles. The second-order valence-electron chi connectivity index (χ2n) is 3.47. The van der Waals surface area contributed by atoms with E-state index in [1.54, 1.807) is 18.0 Å². The van der Waals surface area contributed by atoms with Crippen LogP contribution in [0.5, 0.6) is 0 Å². The van der Waals surface area contributed by atoms with E-state index in [1.807, 2.05) is 0 Å². The van der Waals surface area contributed by atoms with Crippen molar-refractivity contribution in [2.75, 3.05) is 25.0 Å². The summed E-state index contributed by atoms with van der Waals surface area (Å²) in [6.07, 6.45) is 0.789. The molecule has 1 rings (SSSR count). The predicted octanol–water partition coefficient (Wildman–Crippen LogP) is 0.646. The van der Waals surface area contributed by atoms with Crippen molar-refractivity contribution in [3.63, 3.8) is 0 Å². The van der Waals surface area contributed by atoms with Gasteiger partial charge in [-0.2, -0.15) is 5.26 Å². The van der Waals surface area contributed by atoms with Crippen LogP contribution in [0.2, 0.25) is 0 Å².